The van der Waals surface area contributed by atoms with Crippen molar-refractivity contribution in [2.24, 2.45) is 0 Å². The fourth-order valence-corrected chi connectivity index (χ4v) is 4.51. The van der Waals surface area contributed by atoms with E-state index in [1.165, 1.54) is 12.1 Å². The minimum atomic E-state index is -0.467. The van der Waals surface area contributed by atoms with Crippen LogP contribution in [0.4, 0.5) is 11.4 Å². The van der Waals surface area contributed by atoms with Crippen LogP contribution in [0.25, 0.3) is 11.1 Å². The second-order valence-electron chi connectivity index (χ2n) is 8.33. The maximum Gasteiger partial charge on any atom is 0.421 e. The second kappa shape index (κ2) is 9.47. The van der Waals surface area contributed by atoms with Gasteiger partial charge >= 0.3 is 5.76 Å². The molecule has 0 unspecified atom stereocenters. The number of hydrogen-bond donors (Lipinski definition) is 0. The average Bonchev–Trinajstić information content (AvgIpc) is 3.18. The van der Waals surface area contributed by atoms with E-state index >= 15 is 0 Å². The first kappa shape index (κ1) is 23.0. The number of benzene rings is 3. The predicted molar refractivity (Wildman–Crippen MR) is 135 cm³/mol. The number of rotatable bonds is 6. The van der Waals surface area contributed by atoms with Gasteiger partial charge in [0.15, 0.2) is 11.4 Å². The smallest absolute Gasteiger partial charge is 0.408 e. The van der Waals surface area contributed by atoms with Crippen molar-refractivity contribution in [2.75, 3.05) is 31.1 Å². The average molecular weight is 537 g/mol. The van der Waals surface area contributed by atoms with Crippen LogP contribution < -0.4 is 10.7 Å². The van der Waals surface area contributed by atoms with Gasteiger partial charge in [-0.2, -0.15) is 0 Å². The number of nitro groups is 1. The number of anilines is 1. The zero-order valence-corrected chi connectivity index (χ0v) is 20.2. The Bertz CT molecular complexity index is 1450. The van der Waals surface area contributed by atoms with Gasteiger partial charge in [0.25, 0.3) is 5.69 Å². The number of fused-ring (bicyclic) bond motifs is 1. The molecule has 0 spiro atoms. The highest BCUT2D eigenvalue weighted by atomic mass is 79.9. The first-order chi connectivity index (χ1) is 16.9. The Morgan fingerprint density at radius 3 is 2.26 bits per heavy atom. The van der Waals surface area contributed by atoms with Crippen molar-refractivity contribution in [1.29, 1.82) is 0 Å². The van der Waals surface area contributed by atoms with Crippen LogP contribution >= 0.6 is 15.9 Å². The van der Waals surface area contributed by atoms with Crippen LogP contribution in [0.5, 0.6) is 0 Å². The van der Waals surface area contributed by atoms with E-state index in [-0.39, 0.29) is 11.5 Å². The number of oxazole rings is 1. The Morgan fingerprint density at radius 1 is 0.943 bits per heavy atom. The minimum Gasteiger partial charge on any atom is -0.408 e. The third-order valence-electron chi connectivity index (χ3n) is 6.18. The molecular weight excluding hydrogens is 516 g/mol. The standard InChI is InChI=1S/C25H21BrN4O5/c26-19-4-1-17(2-5-19)24(31)18-3-10-22-23(15-18)35-25(32)29(22)16-27-11-13-28(14-12-27)20-6-8-21(9-7-20)30(33)34/h1-10,15H,11-14,16H2. The quantitative estimate of drug-likeness (QED) is 0.206. The lowest BCUT2D eigenvalue weighted by atomic mass is 10.0. The van der Waals surface area contributed by atoms with Crippen LogP contribution in [0, 0.1) is 10.1 Å². The van der Waals surface area contributed by atoms with E-state index in [9.17, 15) is 19.7 Å². The van der Waals surface area contributed by atoms with Crippen LogP contribution in [0.2, 0.25) is 0 Å². The van der Waals surface area contributed by atoms with Gasteiger partial charge in [-0.15, -0.1) is 0 Å². The molecule has 0 saturated carbocycles. The lowest BCUT2D eigenvalue weighted by molar-refractivity contribution is -0.384. The Morgan fingerprint density at radius 2 is 1.60 bits per heavy atom. The molecule has 1 saturated heterocycles. The molecule has 0 radical (unpaired) electrons. The van der Waals surface area contributed by atoms with Gasteiger partial charge in [0.2, 0.25) is 0 Å². The van der Waals surface area contributed by atoms with Crippen LogP contribution in [0.15, 0.2) is 80.4 Å². The molecule has 1 fully saturated rings. The van der Waals surface area contributed by atoms with Crippen molar-refractivity contribution in [1.82, 2.24) is 9.47 Å². The lowest BCUT2D eigenvalue weighted by Gasteiger charge is -2.36. The van der Waals surface area contributed by atoms with Crippen LogP contribution in [-0.4, -0.2) is 46.4 Å². The monoisotopic (exact) mass is 536 g/mol. The van der Waals surface area contributed by atoms with E-state index in [0.29, 0.717) is 28.9 Å². The number of ketones is 1. The van der Waals surface area contributed by atoms with Crippen molar-refractivity contribution in [3.05, 3.63) is 103 Å². The summed E-state index contributed by atoms with van der Waals surface area (Å²) in [5, 5.41) is 10.9. The maximum absolute atomic E-state index is 12.8. The van der Waals surface area contributed by atoms with E-state index in [0.717, 1.165) is 36.3 Å². The van der Waals surface area contributed by atoms with Gasteiger partial charge in [-0.1, -0.05) is 15.9 Å². The summed E-state index contributed by atoms with van der Waals surface area (Å²) < 4.78 is 7.93. The minimum absolute atomic E-state index is 0.0697. The summed E-state index contributed by atoms with van der Waals surface area (Å²) in [7, 11) is 0. The summed E-state index contributed by atoms with van der Waals surface area (Å²) in [6, 6.07) is 18.7. The summed E-state index contributed by atoms with van der Waals surface area (Å²) in [6.45, 7) is 3.27. The summed E-state index contributed by atoms with van der Waals surface area (Å²) in [5.74, 6) is -0.608. The first-order valence-corrected chi connectivity index (χ1v) is 11.8. The van der Waals surface area contributed by atoms with Gasteiger partial charge < -0.3 is 9.32 Å². The topological polar surface area (TPSA) is 102 Å². The molecule has 10 heteroatoms. The third-order valence-corrected chi connectivity index (χ3v) is 6.70. The molecule has 1 aliphatic heterocycles. The molecule has 3 aromatic carbocycles. The number of non-ortho nitro benzene ring substituents is 1. The molecular formula is C25H21BrN4O5. The molecule has 4 aromatic rings. The number of carbonyl (C=O) groups excluding carboxylic acids is 1. The number of hydrogen-bond acceptors (Lipinski definition) is 7. The highest BCUT2D eigenvalue weighted by Gasteiger charge is 2.21. The molecule has 1 aliphatic rings. The van der Waals surface area contributed by atoms with Crippen molar-refractivity contribution >= 4 is 44.2 Å². The van der Waals surface area contributed by atoms with Crippen LogP contribution in [0.1, 0.15) is 15.9 Å². The van der Waals surface area contributed by atoms with Crippen molar-refractivity contribution in [3.63, 3.8) is 0 Å². The third kappa shape index (κ3) is 4.75. The molecule has 9 nitrogen and oxygen atoms in total. The molecule has 178 valence electrons. The number of piperazine rings is 1. The molecule has 1 aromatic heterocycles. The Balaban J connectivity index is 1.28. The lowest BCUT2D eigenvalue weighted by Crippen LogP contribution is -2.47. The van der Waals surface area contributed by atoms with Crippen LogP contribution in [0.3, 0.4) is 0 Å². The highest BCUT2D eigenvalue weighted by Crippen LogP contribution is 2.22. The Hall–Kier alpha value is -3.76. The van der Waals surface area contributed by atoms with Crippen molar-refractivity contribution in [3.8, 4) is 0 Å². The van der Waals surface area contributed by atoms with Crippen molar-refractivity contribution < 1.29 is 14.1 Å². The number of nitro benzene ring substituents is 1. The second-order valence-corrected chi connectivity index (χ2v) is 9.25. The number of carbonyl (C=O) groups is 1. The molecule has 5 rings (SSSR count). The van der Waals surface area contributed by atoms with Gasteiger partial charge in [-0.3, -0.25) is 24.4 Å². The molecule has 0 amide bonds. The fraction of sp³-hybridized carbons (Fsp3) is 0.200. The van der Waals surface area contributed by atoms with Gasteiger partial charge in [-0.25, -0.2) is 4.79 Å². The SMILES string of the molecule is O=C(c1ccc(Br)cc1)c1ccc2c(c1)oc(=O)n2CN1CCN(c2ccc([N+](=O)[O-])cc2)CC1. The zero-order valence-electron chi connectivity index (χ0n) is 18.6. The van der Waals surface area contributed by atoms with Crippen molar-refractivity contribution in [2.45, 2.75) is 6.67 Å². The summed E-state index contributed by atoms with van der Waals surface area (Å²) >= 11 is 3.36. The molecule has 0 N–H and O–H groups in total. The summed E-state index contributed by atoms with van der Waals surface area (Å²) in [4.78, 5) is 40.2. The molecule has 0 atom stereocenters. The van der Waals surface area contributed by atoms with E-state index in [1.807, 2.05) is 12.1 Å². The van der Waals surface area contributed by atoms with E-state index in [2.05, 4.69) is 25.7 Å². The number of nitrogens with zero attached hydrogens (tertiary/aromatic N) is 4. The summed E-state index contributed by atoms with van der Waals surface area (Å²) in [5.41, 5.74) is 3.03. The van der Waals surface area contributed by atoms with E-state index in [1.54, 1.807) is 47.0 Å². The Kier molecular flexibility index (Phi) is 6.23. The van der Waals surface area contributed by atoms with Gasteiger partial charge in [-0.05, 0) is 54.6 Å². The first-order valence-electron chi connectivity index (χ1n) is 11.0. The molecule has 35 heavy (non-hydrogen) atoms. The number of aromatic nitrogens is 1. The molecule has 0 bridgehead atoms. The summed E-state index contributed by atoms with van der Waals surface area (Å²) in [6.07, 6.45) is 0. The largest absolute Gasteiger partial charge is 0.421 e. The molecule has 2 heterocycles. The maximum atomic E-state index is 12.8. The molecule has 0 aliphatic carbocycles. The van der Waals surface area contributed by atoms with Gasteiger partial charge in [0.05, 0.1) is 17.1 Å². The normalized spacial score (nSPS) is 14.4. The Labute approximate surface area is 208 Å². The fourth-order valence-electron chi connectivity index (χ4n) is 4.24. The van der Waals surface area contributed by atoms with Gasteiger partial charge in [0, 0.05) is 59.6 Å². The van der Waals surface area contributed by atoms with Gasteiger partial charge in [0.1, 0.15) is 0 Å². The number of halogens is 1. The van der Waals surface area contributed by atoms with E-state index in [4.69, 9.17) is 4.42 Å². The predicted octanol–water partition coefficient (Wildman–Crippen LogP) is 4.28. The van der Waals surface area contributed by atoms with E-state index < -0.39 is 10.7 Å². The highest BCUT2D eigenvalue weighted by molar-refractivity contribution is 9.10. The van der Waals surface area contributed by atoms with Crippen LogP contribution in [-0.2, 0) is 6.67 Å². The zero-order chi connectivity index (χ0) is 24.5.